The molecule has 1 aromatic heterocycles. The molecule has 2 aromatic rings. The Morgan fingerprint density at radius 2 is 1.88 bits per heavy atom. The average Bonchev–Trinajstić information content (AvgIpc) is 2.64. The highest BCUT2D eigenvalue weighted by molar-refractivity contribution is 8.00. The first kappa shape index (κ1) is 20.1. The lowest BCUT2D eigenvalue weighted by Gasteiger charge is -2.13. The van der Waals surface area contributed by atoms with Crippen molar-refractivity contribution in [2.45, 2.75) is 45.1 Å². The van der Waals surface area contributed by atoms with Crippen LogP contribution in [0.25, 0.3) is 0 Å². The summed E-state index contributed by atoms with van der Waals surface area (Å²) < 4.78 is 0. The summed E-state index contributed by atoms with van der Waals surface area (Å²) >= 11 is 1.29. The number of nitrogens with one attached hydrogen (secondary N) is 1. The first-order valence-electron chi connectivity index (χ1n) is 8.75. The molecular formula is C20H25N3O2S. The van der Waals surface area contributed by atoms with Gasteiger partial charge in [0.1, 0.15) is 10.9 Å². The van der Waals surface area contributed by atoms with Crippen LogP contribution in [-0.2, 0) is 11.2 Å². The van der Waals surface area contributed by atoms with E-state index in [4.69, 9.17) is 0 Å². The molecule has 0 aliphatic carbocycles. The van der Waals surface area contributed by atoms with Gasteiger partial charge in [-0.3, -0.25) is 9.59 Å². The van der Waals surface area contributed by atoms with Crippen molar-refractivity contribution in [1.29, 1.82) is 0 Å². The van der Waals surface area contributed by atoms with E-state index in [-0.39, 0.29) is 23.4 Å². The lowest BCUT2D eigenvalue weighted by atomic mass is 10.0. The molecule has 138 valence electrons. The number of nitrogens with zero attached hydrogens (tertiary/aromatic N) is 2. The van der Waals surface area contributed by atoms with Crippen molar-refractivity contribution in [1.82, 2.24) is 15.3 Å². The third-order valence-electron chi connectivity index (χ3n) is 4.09. The third kappa shape index (κ3) is 5.39. The molecule has 1 heterocycles. The fourth-order valence-electron chi connectivity index (χ4n) is 2.62. The monoisotopic (exact) mass is 371 g/mol. The number of carbonyl (C=O) groups excluding carboxylic acids is 2. The molecule has 26 heavy (non-hydrogen) atoms. The number of aryl methyl sites for hydroxylation is 2. The van der Waals surface area contributed by atoms with Gasteiger partial charge in [-0.2, -0.15) is 0 Å². The number of aromatic nitrogens is 2. The Morgan fingerprint density at radius 1 is 1.19 bits per heavy atom. The molecular weight excluding hydrogens is 346 g/mol. The van der Waals surface area contributed by atoms with Gasteiger partial charge < -0.3 is 5.32 Å². The van der Waals surface area contributed by atoms with Crippen LogP contribution in [0.2, 0.25) is 0 Å². The maximum absolute atomic E-state index is 12.2. The molecule has 0 saturated carbocycles. The first-order valence-corrected chi connectivity index (χ1v) is 9.73. The van der Waals surface area contributed by atoms with E-state index in [1.165, 1.54) is 24.2 Å². The number of benzene rings is 1. The van der Waals surface area contributed by atoms with Gasteiger partial charge in [0.05, 0.1) is 17.0 Å². The lowest BCUT2D eigenvalue weighted by Crippen LogP contribution is -2.29. The molecule has 0 aliphatic heterocycles. The Kier molecular flexibility index (Phi) is 7.33. The zero-order chi connectivity index (χ0) is 19.1. The molecule has 1 unspecified atom stereocenters. The maximum atomic E-state index is 12.2. The Morgan fingerprint density at radius 3 is 2.50 bits per heavy atom. The predicted molar refractivity (Wildman–Crippen MR) is 105 cm³/mol. The van der Waals surface area contributed by atoms with Crippen LogP contribution in [0.5, 0.6) is 0 Å². The van der Waals surface area contributed by atoms with E-state index in [1.54, 1.807) is 0 Å². The largest absolute Gasteiger partial charge is 0.355 e. The number of hydrogen-bond donors (Lipinski definition) is 1. The second-order valence-corrected chi connectivity index (χ2v) is 7.18. The third-order valence-corrected chi connectivity index (χ3v) is 5.06. The van der Waals surface area contributed by atoms with Gasteiger partial charge in [-0.15, -0.1) is 0 Å². The summed E-state index contributed by atoms with van der Waals surface area (Å²) in [5, 5.41) is 3.55. The van der Waals surface area contributed by atoms with E-state index < -0.39 is 0 Å². The van der Waals surface area contributed by atoms with Gasteiger partial charge in [0.15, 0.2) is 5.78 Å². The SMILES string of the molecule is CCc1nc(C)c(C(C)=O)c(SCC(=O)NCC(C)c2ccccc2)n1. The summed E-state index contributed by atoms with van der Waals surface area (Å²) in [7, 11) is 0. The summed E-state index contributed by atoms with van der Waals surface area (Å²) in [5.74, 6) is 1.01. The molecule has 2 rings (SSSR count). The van der Waals surface area contributed by atoms with Crippen molar-refractivity contribution in [2.24, 2.45) is 0 Å². The molecule has 0 bridgehead atoms. The highest BCUT2D eigenvalue weighted by Gasteiger charge is 2.17. The summed E-state index contributed by atoms with van der Waals surface area (Å²) in [6.45, 7) is 7.93. The molecule has 5 nitrogen and oxygen atoms in total. The Bertz CT molecular complexity index is 778. The first-order chi connectivity index (χ1) is 12.4. The topological polar surface area (TPSA) is 72.0 Å². The zero-order valence-corrected chi connectivity index (χ0v) is 16.5. The maximum Gasteiger partial charge on any atom is 0.230 e. The van der Waals surface area contributed by atoms with E-state index in [2.05, 4.69) is 34.3 Å². The lowest BCUT2D eigenvalue weighted by molar-refractivity contribution is -0.118. The van der Waals surface area contributed by atoms with Crippen LogP contribution >= 0.6 is 11.8 Å². The van der Waals surface area contributed by atoms with Crippen molar-refractivity contribution in [3.63, 3.8) is 0 Å². The van der Waals surface area contributed by atoms with E-state index in [9.17, 15) is 9.59 Å². The van der Waals surface area contributed by atoms with E-state index in [0.29, 0.717) is 35.1 Å². The second kappa shape index (κ2) is 9.48. The molecule has 0 radical (unpaired) electrons. The molecule has 0 aliphatic rings. The molecule has 0 spiro atoms. The molecule has 1 amide bonds. The molecule has 0 saturated heterocycles. The highest BCUT2D eigenvalue weighted by Crippen LogP contribution is 2.23. The van der Waals surface area contributed by atoms with Crippen LogP contribution in [0, 0.1) is 6.92 Å². The summed E-state index contributed by atoms with van der Waals surface area (Å²) in [4.78, 5) is 32.9. The van der Waals surface area contributed by atoms with Crippen LogP contribution in [0.1, 0.15) is 54.1 Å². The highest BCUT2D eigenvalue weighted by atomic mass is 32.2. The minimum Gasteiger partial charge on any atom is -0.355 e. The number of amides is 1. The fourth-order valence-corrected chi connectivity index (χ4v) is 3.60. The van der Waals surface area contributed by atoms with Crippen molar-refractivity contribution in [3.05, 3.63) is 53.0 Å². The van der Waals surface area contributed by atoms with Gasteiger partial charge >= 0.3 is 0 Å². The van der Waals surface area contributed by atoms with Crippen LogP contribution in [0.3, 0.4) is 0 Å². The van der Waals surface area contributed by atoms with Crippen molar-refractivity contribution >= 4 is 23.5 Å². The summed E-state index contributed by atoms with van der Waals surface area (Å²) in [5.41, 5.74) is 2.38. The van der Waals surface area contributed by atoms with Gasteiger partial charge in [0, 0.05) is 13.0 Å². The normalized spacial score (nSPS) is 11.8. The van der Waals surface area contributed by atoms with Gasteiger partial charge in [0.2, 0.25) is 5.91 Å². The molecule has 6 heteroatoms. The van der Waals surface area contributed by atoms with Crippen molar-refractivity contribution in [2.75, 3.05) is 12.3 Å². The number of carbonyl (C=O) groups is 2. The molecule has 1 N–H and O–H groups in total. The predicted octanol–water partition coefficient (Wildman–Crippen LogP) is 3.56. The zero-order valence-electron chi connectivity index (χ0n) is 15.7. The van der Waals surface area contributed by atoms with Crippen LogP contribution in [0.15, 0.2) is 35.4 Å². The average molecular weight is 372 g/mol. The number of Topliss-reactive ketones (excluding diaryl/α,β-unsaturated/α-hetero) is 1. The minimum absolute atomic E-state index is 0.0680. The number of thioether (sulfide) groups is 1. The molecule has 0 fully saturated rings. The smallest absolute Gasteiger partial charge is 0.230 e. The van der Waals surface area contributed by atoms with Gasteiger partial charge in [0.25, 0.3) is 0 Å². The summed E-state index contributed by atoms with van der Waals surface area (Å²) in [6, 6.07) is 10.1. The minimum atomic E-state index is -0.0780. The quantitative estimate of drug-likeness (QED) is 0.436. The standard InChI is InChI=1S/C20H25N3O2S/c1-5-17-22-14(3)19(15(4)24)20(23-17)26-12-18(25)21-11-13(2)16-9-7-6-8-10-16/h6-10,13H,5,11-12H2,1-4H3,(H,21,25). The Balaban J connectivity index is 1.96. The number of rotatable bonds is 8. The number of hydrogen-bond acceptors (Lipinski definition) is 5. The fraction of sp³-hybridized carbons (Fsp3) is 0.400. The van der Waals surface area contributed by atoms with Gasteiger partial charge in [-0.25, -0.2) is 9.97 Å². The molecule has 1 aromatic carbocycles. The van der Waals surface area contributed by atoms with E-state index >= 15 is 0 Å². The van der Waals surface area contributed by atoms with Gasteiger partial charge in [-0.1, -0.05) is 55.9 Å². The number of ketones is 1. The van der Waals surface area contributed by atoms with E-state index in [1.807, 2.05) is 32.0 Å². The molecule has 1 atom stereocenters. The second-order valence-electron chi connectivity index (χ2n) is 6.22. The van der Waals surface area contributed by atoms with Crippen LogP contribution in [0.4, 0.5) is 0 Å². The van der Waals surface area contributed by atoms with Crippen LogP contribution in [-0.4, -0.2) is 34.0 Å². The Hall–Kier alpha value is -2.21. The van der Waals surface area contributed by atoms with Crippen LogP contribution < -0.4 is 5.32 Å². The van der Waals surface area contributed by atoms with E-state index in [0.717, 1.165) is 0 Å². The van der Waals surface area contributed by atoms with Crippen molar-refractivity contribution in [3.8, 4) is 0 Å². The Labute approximate surface area is 159 Å². The summed E-state index contributed by atoms with van der Waals surface area (Å²) in [6.07, 6.45) is 0.688. The van der Waals surface area contributed by atoms with Gasteiger partial charge in [-0.05, 0) is 25.3 Å². The van der Waals surface area contributed by atoms with Crippen molar-refractivity contribution < 1.29 is 9.59 Å².